The average Bonchev–Trinajstić information content (AvgIpc) is 3.07. The maximum atomic E-state index is 15.3. The first-order chi connectivity index (χ1) is 18.4. The molecular weight excluding hydrogens is 533 g/mol. The van der Waals surface area contributed by atoms with Crippen LogP contribution in [0.2, 0.25) is 0 Å². The van der Waals surface area contributed by atoms with Crippen LogP contribution < -0.4 is 4.74 Å². The highest BCUT2D eigenvalue weighted by atomic mass is 19.4. The molecule has 13 heteroatoms. The molecule has 0 saturated carbocycles. The van der Waals surface area contributed by atoms with Gasteiger partial charge in [-0.1, -0.05) is 0 Å². The number of carbonyl (C=O) groups is 1. The summed E-state index contributed by atoms with van der Waals surface area (Å²) in [6.45, 7) is -0.203. The highest BCUT2D eigenvalue weighted by Gasteiger charge is 2.35. The van der Waals surface area contributed by atoms with E-state index in [1.807, 2.05) is 0 Å². The van der Waals surface area contributed by atoms with Crippen molar-refractivity contribution in [2.24, 2.45) is 0 Å². The summed E-state index contributed by atoms with van der Waals surface area (Å²) in [5.41, 5.74) is 2.42. The average molecular weight is 558 g/mol. The third-order valence-corrected chi connectivity index (χ3v) is 7.22. The fourth-order valence-electron chi connectivity index (χ4n) is 5.58. The molecular formula is C26H25F7N4O2. The fourth-order valence-corrected chi connectivity index (χ4v) is 5.58. The zero-order valence-electron chi connectivity index (χ0n) is 20.6. The number of carbonyl (C=O) groups excluding carboxylic acids is 1. The van der Waals surface area contributed by atoms with E-state index < -0.39 is 30.7 Å². The quantitative estimate of drug-likeness (QED) is 0.404. The van der Waals surface area contributed by atoms with Crippen molar-refractivity contribution in [2.45, 2.75) is 50.7 Å². The zero-order valence-corrected chi connectivity index (χ0v) is 20.6. The number of halogens is 7. The standard InChI is InChI=1S/C26H25F7N4O2/c27-19-12-34-23-22(18-13-36(14-25(28,29)30)9-1-2-20(18)35-23)21(19)15-7-10-37(11-8-15)24(38)16-3-5-17(6-4-16)39-26(31,32)33/h3-6,12,15H,1-2,7-11,13-14H2,(H,34,35). The van der Waals surface area contributed by atoms with Crippen LogP contribution in [0.25, 0.3) is 11.0 Å². The number of aromatic amines is 1. The highest BCUT2D eigenvalue weighted by Crippen LogP contribution is 2.39. The normalized spacial score (nSPS) is 17.8. The van der Waals surface area contributed by atoms with Crippen molar-refractivity contribution in [1.29, 1.82) is 0 Å². The predicted octanol–water partition coefficient (Wildman–Crippen LogP) is 5.93. The maximum absolute atomic E-state index is 15.3. The molecule has 6 nitrogen and oxygen atoms in total. The summed E-state index contributed by atoms with van der Waals surface area (Å²) in [6.07, 6.45) is -6.21. The number of nitrogens with zero attached hydrogens (tertiary/aromatic N) is 3. The van der Waals surface area contributed by atoms with Gasteiger partial charge in [-0.2, -0.15) is 13.2 Å². The minimum absolute atomic E-state index is 0.0261. The van der Waals surface area contributed by atoms with Crippen molar-refractivity contribution in [3.63, 3.8) is 0 Å². The molecule has 0 bridgehead atoms. The van der Waals surface area contributed by atoms with Crippen molar-refractivity contribution >= 4 is 16.9 Å². The molecule has 2 aliphatic heterocycles. The lowest BCUT2D eigenvalue weighted by Gasteiger charge is -2.33. The largest absolute Gasteiger partial charge is 0.573 e. The molecule has 2 aliphatic rings. The van der Waals surface area contributed by atoms with Crippen LogP contribution in [-0.4, -0.2) is 64.4 Å². The first-order valence-corrected chi connectivity index (χ1v) is 12.5. The molecule has 5 rings (SSSR count). The number of amides is 1. The highest BCUT2D eigenvalue weighted by molar-refractivity contribution is 5.94. The predicted molar refractivity (Wildman–Crippen MR) is 127 cm³/mol. The van der Waals surface area contributed by atoms with Gasteiger partial charge in [0.2, 0.25) is 0 Å². The summed E-state index contributed by atoms with van der Waals surface area (Å²) in [6, 6.07) is 4.64. The van der Waals surface area contributed by atoms with E-state index in [2.05, 4.69) is 14.7 Å². The Morgan fingerprint density at radius 3 is 2.38 bits per heavy atom. The lowest BCUT2D eigenvalue weighted by atomic mass is 9.86. The van der Waals surface area contributed by atoms with E-state index in [0.717, 1.165) is 24.0 Å². The maximum Gasteiger partial charge on any atom is 0.573 e. The van der Waals surface area contributed by atoms with Crippen molar-refractivity contribution < 1.29 is 40.3 Å². The molecule has 0 atom stereocenters. The number of benzene rings is 1. The number of rotatable bonds is 4. The van der Waals surface area contributed by atoms with Gasteiger partial charge in [-0.05, 0) is 68.0 Å². The van der Waals surface area contributed by atoms with Crippen molar-refractivity contribution in [2.75, 3.05) is 26.2 Å². The van der Waals surface area contributed by atoms with Gasteiger partial charge in [-0.25, -0.2) is 9.37 Å². The van der Waals surface area contributed by atoms with Gasteiger partial charge in [0, 0.05) is 41.8 Å². The molecule has 4 heterocycles. The summed E-state index contributed by atoms with van der Waals surface area (Å²) < 4.78 is 95.7. The SMILES string of the molecule is O=C(c1ccc(OC(F)(F)F)cc1)N1CCC(c2c(F)cnc3[nH]c4c(c23)CN(CC(F)(F)F)CCC4)CC1. The van der Waals surface area contributed by atoms with E-state index in [-0.39, 0.29) is 43.6 Å². The molecule has 1 N–H and O–H groups in total. The molecule has 1 amide bonds. The molecule has 1 aromatic carbocycles. The smallest absolute Gasteiger partial charge is 0.406 e. The van der Waals surface area contributed by atoms with Crippen molar-refractivity contribution in [3.05, 3.63) is 58.7 Å². The summed E-state index contributed by atoms with van der Waals surface area (Å²) in [5.74, 6) is -1.64. The van der Waals surface area contributed by atoms with Crippen LogP contribution in [0.15, 0.2) is 30.5 Å². The molecule has 1 saturated heterocycles. The third kappa shape index (κ3) is 6.13. The second-order valence-corrected chi connectivity index (χ2v) is 9.89. The molecule has 3 aromatic rings. The van der Waals surface area contributed by atoms with E-state index in [0.29, 0.717) is 47.8 Å². The number of aryl methyl sites for hydroxylation is 1. The van der Waals surface area contributed by atoms with Crippen LogP contribution in [-0.2, 0) is 13.0 Å². The van der Waals surface area contributed by atoms with Gasteiger partial charge in [-0.15, -0.1) is 13.2 Å². The zero-order chi connectivity index (χ0) is 27.9. The minimum Gasteiger partial charge on any atom is -0.406 e. The first kappa shape index (κ1) is 27.2. The van der Waals surface area contributed by atoms with Crippen LogP contribution >= 0.6 is 0 Å². The van der Waals surface area contributed by atoms with Gasteiger partial charge in [0.1, 0.15) is 17.2 Å². The number of alkyl halides is 6. The number of piperidine rings is 1. The Balaban J connectivity index is 1.34. The Morgan fingerprint density at radius 2 is 1.74 bits per heavy atom. The second kappa shape index (κ2) is 10.3. The molecule has 0 radical (unpaired) electrons. The number of hydrogen-bond donors (Lipinski definition) is 1. The van der Waals surface area contributed by atoms with Gasteiger partial charge in [0.25, 0.3) is 5.91 Å². The number of likely N-dealkylation sites (tertiary alicyclic amines) is 1. The van der Waals surface area contributed by atoms with E-state index in [1.165, 1.54) is 17.0 Å². The van der Waals surface area contributed by atoms with E-state index >= 15 is 4.39 Å². The van der Waals surface area contributed by atoms with Crippen LogP contribution in [0.4, 0.5) is 30.7 Å². The third-order valence-electron chi connectivity index (χ3n) is 7.22. The summed E-state index contributed by atoms with van der Waals surface area (Å²) in [4.78, 5) is 23.2. The summed E-state index contributed by atoms with van der Waals surface area (Å²) in [7, 11) is 0. The molecule has 0 spiro atoms. The Hall–Kier alpha value is -3.35. The van der Waals surface area contributed by atoms with Crippen molar-refractivity contribution in [1.82, 2.24) is 19.8 Å². The van der Waals surface area contributed by atoms with Crippen molar-refractivity contribution in [3.8, 4) is 5.75 Å². The Labute approximate surface area is 218 Å². The van der Waals surface area contributed by atoms with Crippen LogP contribution in [0, 0.1) is 5.82 Å². The van der Waals surface area contributed by atoms with Gasteiger partial charge in [0.15, 0.2) is 0 Å². The lowest BCUT2D eigenvalue weighted by Crippen LogP contribution is -2.38. The van der Waals surface area contributed by atoms with Crippen LogP contribution in [0.3, 0.4) is 0 Å². The van der Waals surface area contributed by atoms with E-state index in [1.54, 1.807) is 4.90 Å². The van der Waals surface area contributed by atoms with E-state index in [4.69, 9.17) is 0 Å². The van der Waals surface area contributed by atoms with Crippen LogP contribution in [0.1, 0.15) is 52.4 Å². The fraction of sp³-hybridized carbons (Fsp3) is 0.462. The van der Waals surface area contributed by atoms with E-state index in [9.17, 15) is 31.1 Å². The Morgan fingerprint density at radius 1 is 1.05 bits per heavy atom. The topological polar surface area (TPSA) is 61.5 Å². The second-order valence-electron chi connectivity index (χ2n) is 9.89. The summed E-state index contributed by atoms with van der Waals surface area (Å²) in [5, 5.41) is 0.518. The van der Waals surface area contributed by atoms with Gasteiger partial charge < -0.3 is 14.6 Å². The Bertz CT molecular complexity index is 1340. The monoisotopic (exact) mass is 558 g/mol. The number of pyridine rings is 1. The number of fused-ring (bicyclic) bond motifs is 3. The number of H-pyrrole nitrogens is 1. The molecule has 210 valence electrons. The number of hydrogen-bond acceptors (Lipinski definition) is 4. The van der Waals surface area contributed by atoms with Gasteiger partial charge in [-0.3, -0.25) is 9.69 Å². The van der Waals surface area contributed by atoms with Crippen LogP contribution in [0.5, 0.6) is 5.75 Å². The molecule has 0 aliphatic carbocycles. The molecule has 39 heavy (non-hydrogen) atoms. The van der Waals surface area contributed by atoms with Gasteiger partial charge >= 0.3 is 12.5 Å². The first-order valence-electron chi connectivity index (χ1n) is 12.5. The minimum atomic E-state index is -4.84. The number of ether oxygens (including phenoxy) is 1. The van der Waals surface area contributed by atoms with Gasteiger partial charge in [0.05, 0.1) is 12.7 Å². The molecule has 0 unspecified atom stereocenters. The number of nitrogens with one attached hydrogen (secondary N) is 1. The number of aromatic nitrogens is 2. The molecule has 1 fully saturated rings. The summed E-state index contributed by atoms with van der Waals surface area (Å²) >= 11 is 0. The molecule has 2 aromatic heterocycles. The lowest BCUT2D eigenvalue weighted by molar-refractivity contribution is -0.274. The Kier molecular flexibility index (Phi) is 7.21.